The maximum absolute atomic E-state index is 13.4. The molecule has 0 unspecified atom stereocenters. The summed E-state index contributed by atoms with van der Waals surface area (Å²) in [5, 5.41) is 5.35. The van der Waals surface area contributed by atoms with E-state index < -0.39 is 11.5 Å². The van der Waals surface area contributed by atoms with E-state index in [0.29, 0.717) is 6.54 Å². The molecule has 5 rings (SSSR count). The summed E-state index contributed by atoms with van der Waals surface area (Å²) < 4.78 is 20.5. The molecular weight excluding hydrogens is 445 g/mol. The minimum atomic E-state index is -0.897. The van der Waals surface area contributed by atoms with Gasteiger partial charge in [0, 0.05) is 18.4 Å². The minimum Gasteiger partial charge on any atom is -0.466 e. The predicted octanol–water partition coefficient (Wildman–Crippen LogP) is 4.99. The fourth-order valence-corrected chi connectivity index (χ4v) is 5.00. The molecule has 178 valence electrons. The van der Waals surface area contributed by atoms with Crippen molar-refractivity contribution in [1.82, 2.24) is 14.7 Å². The van der Waals surface area contributed by atoms with Crippen LogP contribution in [-0.4, -0.2) is 33.2 Å². The molecule has 1 aliphatic rings. The SMILES string of the molecule is CCOC(=O)[C@H]1CC(=O)N(Cc2ccccc2)[C@]1(C)c1ccc2c(cnn2-c2ccc(F)cc2)c1. The number of carbonyl (C=O) groups excluding carboxylic acids is 2. The quantitative estimate of drug-likeness (QED) is 0.372. The van der Waals surface area contributed by atoms with Crippen LogP contribution in [0.1, 0.15) is 31.4 Å². The van der Waals surface area contributed by atoms with Crippen LogP contribution in [0.5, 0.6) is 0 Å². The van der Waals surface area contributed by atoms with Gasteiger partial charge in [-0.1, -0.05) is 36.4 Å². The summed E-state index contributed by atoms with van der Waals surface area (Å²) in [6.45, 7) is 4.35. The fourth-order valence-electron chi connectivity index (χ4n) is 5.00. The third kappa shape index (κ3) is 3.97. The van der Waals surface area contributed by atoms with E-state index in [1.54, 1.807) is 34.8 Å². The third-order valence-electron chi connectivity index (χ3n) is 6.90. The predicted molar refractivity (Wildman–Crippen MR) is 130 cm³/mol. The summed E-state index contributed by atoms with van der Waals surface area (Å²) in [6, 6.07) is 21.7. The number of amides is 1. The Balaban J connectivity index is 1.59. The first-order valence-corrected chi connectivity index (χ1v) is 11.7. The van der Waals surface area contributed by atoms with Crippen LogP contribution in [0.15, 0.2) is 79.0 Å². The van der Waals surface area contributed by atoms with Crippen molar-refractivity contribution in [3.05, 3.63) is 95.9 Å². The van der Waals surface area contributed by atoms with Gasteiger partial charge in [0.05, 0.1) is 35.5 Å². The number of aromatic nitrogens is 2. The molecule has 0 N–H and O–H groups in total. The Kier molecular flexibility index (Phi) is 5.84. The van der Waals surface area contributed by atoms with E-state index in [1.807, 2.05) is 55.5 Å². The summed E-state index contributed by atoms with van der Waals surface area (Å²) >= 11 is 0. The highest BCUT2D eigenvalue weighted by molar-refractivity contribution is 5.90. The van der Waals surface area contributed by atoms with E-state index in [1.165, 1.54) is 12.1 Å². The number of esters is 1. The van der Waals surface area contributed by atoms with Crippen molar-refractivity contribution >= 4 is 22.8 Å². The normalized spacial score (nSPS) is 19.9. The molecule has 0 aliphatic carbocycles. The van der Waals surface area contributed by atoms with Crippen LogP contribution in [0.4, 0.5) is 4.39 Å². The van der Waals surface area contributed by atoms with Crippen molar-refractivity contribution in [2.45, 2.75) is 32.4 Å². The van der Waals surface area contributed by atoms with Crippen molar-refractivity contribution in [2.75, 3.05) is 6.61 Å². The number of ether oxygens (including phenoxy) is 1. The van der Waals surface area contributed by atoms with Crippen LogP contribution in [0, 0.1) is 11.7 Å². The molecule has 7 heteroatoms. The lowest BCUT2D eigenvalue weighted by Gasteiger charge is -2.39. The second-order valence-corrected chi connectivity index (χ2v) is 8.93. The maximum Gasteiger partial charge on any atom is 0.312 e. The second-order valence-electron chi connectivity index (χ2n) is 8.93. The van der Waals surface area contributed by atoms with Gasteiger partial charge in [-0.3, -0.25) is 9.59 Å². The Bertz CT molecular complexity index is 1380. The van der Waals surface area contributed by atoms with E-state index in [2.05, 4.69) is 5.10 Å². The van der Waals surface area contributed by atoms with Gasteiger partial charge in [0.15, 0.2) is 0 Å². The van der Waals surface area contributed by atoms with Crippen LogP contribution in [0.2, 0.25) is 0 Å². The summed E-state index contributed by atoms with van der Waals surface area (Å²) in [4.78, 5) is 28.0. The molecule has 1 aliphatic heterocycles. The molecule has 2 atom stereocenters. The average molecular weight is 472 g/mol. The Hall–Kier alpha value is -4.00. The molecular formula is C28H26FN3O3. The van der Waals surface area contributed by atoms with Gasteiger partial charge < -0.3 is 9.64 Å². The lowest BCUT2D eigenvalue weighted by Crippen LogP contribution is -2.46. The Morgan fingerprint density at radius 3 is 2.57 bits per heavy atom. The van der Waals surface area contributed by atoms with Gasteiger partial charge >= 0.3 is 5.97 Å². The van der Waals surface area contributed by atoms with E-state index in [0.717, 1.165) is 27.7 Å². The van der Waals surface area contributed by atoms with E-state index in [-0.39, 0.29) is 30.7 Å². The molecule has 0 saturated carbocycles. The zero-order valence-electron chi connectivity index (χ0n) is 19.6. The second kappa shape index (κ2) is 8.98. The topological polar surface area (TPSA) is 64.4 Å². The van der Waals surface area contributed by atoms with Gasteiger partial charge in [-0.2, -0.15) is 5.10 Å². The van der Waals surface area contributed by atoms with Gasteiger partial charge in [-0.05, 0) is 61.4 Å². The molecule has 0 spiro atoms. The Morgan fingerprint density at radius 2 is 1.86 bits per heavy atom. The molecule has 6 nitrogen and oxygen atoms in total. The van der Waals surface area contributed by atoms with Crippen LogP contribution in [0.25, 0.3) is 16.6 Å². The number of carbonyl (C=O) groups is 2. The summed E-state index contributed by atoms with van der Waals surface area (Å²) in [5.74, 6) is -1.41. The highest BCUT2D eigenvalue weighted by atomic mass is 19.1. The van der Waals surface area contributed by atoms with E-state index in [4.69, 9.17) is 4.74 Å². The minimum absolute atomic E-state index is 0.0866. The first-order valence-electron chi connectivity index (χ1n) is 11.7. The summed E-state index contributed by atoms with van der Waals surface area (Å²) in [7, 11) is 0. The highest BCUT2D eigenvalue weighted by Gasteiger charge is 2.54. The third-order valence-corrected chi connectivity index (χ3v) is 6.90. The van der Waals surface area contributed by atoms with Crippen molar-refractivity contribution in [3.63, 3.8) is 0 Å². The van der Waals surface area contributed by atoms with Crippen LogP contribution in [-0.2, 0) is 26.4 Å². The molecule has 0 bridgehead atoms. The number of nitrogens with zero attached hydrogens (tertiary/aromatic N) is 3. The van der Waals surface area contributed by atoms with Crippen LogP contribution in [0.3, 0.4) is 0 Å². The van der Waals surface area contributed by atoms with Crippen molar-refractivity contribution in [1.29, 1.82) is 0 Å². The number of likely N-dealkylation sites (tertiary alicyclic amines) is 1. The number of fused-ring (bicyclic) bond motifs is 1. The zero-order valence-corrected chi connectivity index (χ0v) is 19.6. The van der Waals surface area contributed by atoms with Gasteiger partial charge in [0.25, 0.3) is 0 Å². The lowest BCUT2D eigenvalue weighted by atomic mass is 9.79. The summed E-state index contributed by atoms with van der Waals surface area (Å²) in [5.41, 5.74) is 2.51. The standard InChI is InChI=1S/C28H26FN3O3/c1-3-35-27(34)24-16-26(33)31(18-19-7-5-4-6-8-19)28(24,2)21-9-14-25-20(15-21)17-30-32(25)23-12-10-22(29)11-13-23/h4-15,17,24H,3,16,18H2,1-2H3/t24-,28-/m1/s1. The number of benzene rings is 3. The van der Waals surface area contributed by atoms with E-state index in [9.17, 15) is 14.0 Å². The van der Waals surface area contributed by atoms with E-state index >= 15 is 0 Å². The first kappa shape index (κ1) is 22.8. The smallest absolute Gasteiger partial charge is 0.312 e. The molecule has 0 radical (unpaired) electrons. The molecule has 35 heavy (non-hydrogen) atoms. The van der Waals surface area contributed by atoms with Gasteiger partial charge in [-0.15, -0.1) is 0 Å². The van der Waals surface area contributed by atoms with Crippen LogP contribution < -0.4 is 0 Å². The Labute approximate surface area is 202 Å². The van der Waals surface area contributed by atoms with Gasteiger partial charge in [0.2, 0.25) is 5.91 Å². The monoisotopic (exact) mass is 471 g/mol. The fraction of sp³-hybridized carbons (Fsp3) is 0.250. The molecule has 1 fully saturated rings. The number of rotatable bonds is 6. The largest absolute Gasteiger partial charge is 0.466 e. The number of hydrogen-bond donors (Lipinski definition) is 0. The molecule has 3 aromatic carbocycles. The van der Waals surface area contributed by atoms with Crippen LogP contribution >= 0.6 is 0 Å². The first-order chi connectivity index (χ1) is 16.9. The van der Waals surface area contributed by atoms with Crippen molar-refractivity contribution < 1.29 is 18.7 Å². The molecule has 2 heterocycles. The highest BCUT2D eigenvalue weighted by Crippen LogP contribution is 2.46. The lowest BCUT2D eigenvalue weighted by molar-refractivity contribution is -0.151. The molecule has 1 aromatic heterocycles. The van der Waals surface area contributed by atoms with Gasteiger partial charge in [-0.25, -0.2) is 9.07 Å². The molecule has 4 aromatic rings. The number of hydrogen-bond acceptors (Lipinski definition) is 4. The summed E-state index contributed by atoms with van der Waals surface area (Å²) in [6.07, 6.45) is 1.83. The molecule has 1 saturated heterocycles. The van der Waals surface area contributed by atoms with Gasteiger partial charge in [0.1, 0.15) is 5.82 Å². The number of halogens is 1. The maximum atomic E-state index is 13.4. The zero-order chi connectivity index (χ0) is 24.6. The van der Waals surface area contributed by atoms with Crippen molar-refractivity contribution in [2.24, 2.45) is 5.92 Å². The average Bonchev–Trinajstić information content (AvgIpc) is 3.40. The van der Waals surface area contributed by atoms with Crippen molar-refractivity contribution in [3.8, 4) is 5.69 Å². The Morgan fingerprint density at radius 1 is 1.11 bits per heavy atom. The molecule has 1 amide bonds.